The summed E-state index contributed by atoms with van der Waals surface area (Å²) in [6.45, 7) is 10.4. The zero-order chi connectivity index (χ0) is 13.3. The Morgan fingerprint density at radius 2 is 1.82 bits per heavy atom. The Morgan fingerprint density at radius 3 is 2.35 bits per heavy atom. The smallest absolute Gasteiger partial charge is 0.225 e. The molecule has 4 nitrogen and oxygen atoms in total. The van der Waals surface area contributed by atoms with Crippen LogP contribution in [0.4, 0.5) is 0 Å². The SMILES string of the molecule is C=CCCNC(=O)CCCNC(=O)C(C)(C)C. The summed E-state index contributed by atoms with van der Waals surface area (Å²) in [6, 6.07) is 0. The molecule has 0 aromatic rings. The normalized spacial score (nSPS) is 10.8. The van der Waals surface area contributed by atoms with E-state index in [9.17, 15) is 9.59 Å². The molecule has 0 rings (SSSR count). The number of carbonyl (C=O) groups excluding carboxylic acids is 2. The highest BCUT2D eigenvalue weighted by Gasteiger charge is 2.20. The van der Waals surface area contributed by atoms with E-state index in [1.807, 2.05) is 20.8 Å². The molecule has 0 saturated heterocycles. The molecular weight excluding hydrogens is 216 g/mol. The van der Waals surface area contributed by atoms with Gasteiger partial charge in [0.05, 0.1) is 0 Å². The third kappa shape index (κ3) is 8.48. The molecule has 17 heavy (non-hydrogen) atoms. The van der Waals surface area contributed by atoms with Crippen LogP contribution in [0.25, 0.3) is 0 Å². The van der Waals surface area contributed by atoms with E-state index < -0.39 is 0 Å². The Balaban J connectivity index is 3.54. The van der Waals surface area contributed by atoms with E-state index in [-0.39, 0.29) is 17.2 Å². The standard InChI is InChI=1S/C13H24N2O2/c1-5-6-9-14-11(16)8-7-10-15-12(17)13(2,3)4/h5H,1,6-10H2,2-4H3,(H,14,16)(H,15,17). The Labute approximate surface area is 104 Å². The van der Waals surface area contributed by atoms with Gasteiger partial charge in [0.1, 0.15) is 0 Å². The van der Waals surface area contributed by atoms with Crippen molar-refractivity contribution in [2.75, 3.05) is 13.1 Å². The van der Waals surface area contributed by atoms with E-state index in [1.165, 1.54) is 0 Å². The molecule has 0 heterocycles. The van der Waals surface area contributed by atoms with E-state index in [2.05, 4.69) is 17.2 Å². The minimum Gasteiger partial charge on any atom is -0.356 e. The summed E-state index contributed by atoms with van der Waals surface area (Å²) in [7, 11) is 0. The fourth-order valence-electron chi connectivity index (χ4n) is 1.12. The number of amides is 2. The quantitative estimate of drug-likeness (QED) is 0.525. The first kappa shape index (κ1) is 15.7. The minimum atomic E-state index is -0.369. The zero-order valence-corrected chi connectivity index (χ0v) is 11.1. The van der Waals surface area contributed by atoms with Crippen molar-refractivity contribution < 1.29 is 9.59 Å². The first-order chi connectivity index (χ1) is 7.88. The number of hydrogen-bond acceptors (Lipinski definition) is 2. The molecule has 0 aliphatic heterocycles. The fourth-order valence-corrected chi connectivity index (χ4v) is 1.12. The van der Waals surface area contributed by atoms with Gasteiger partial charge in [-0.05, 0) is 12.8 Å². The van der Waals surface area contributed by atoms with E-state index in [0.29, 0.717) is 25.9 Å². The summed E-state index contributed by atoms with van der Waals surface area (Å²) < 4.78 is 0. The lowest BCUT2D eigenvalue weighted by Crippen LogP contribution is -2.35. The van der Waals surface area contributed by atoms with Gasteiger partial charge in [-0.2, -0.15) is 0 Å². The van der Waals surface area contributed by atoms with Crippen LogP contribution in [0.15, 0.2) is 12.7 Å². The van der Waals surface area contributed by atoms with Gasteiger partial charge in [0.15, 0.2) is 0 Å². The Kier molecular flexibility index (Phi) is 7.26. The molecule has 0 unspecified atom stereocenters. The highest BCUT2D eigenvalue weighted by molar-refractivity contribution is 5.81. The lowest BCUT2D eigenvalue weighted by atomic mass is 9.96. The number of rotatable bonds is 7. The third-order valence-electron chi connectivity index (χ3n) is 2.22. The molecule has 4 heteroatoms. The zero-order valence-electron chi connectivity index (χ0n) is 11.1. The summed E-state index contributed by atoms with van der Waals surface area (Å²) >= 11 is 0. The van der Waals surface area contributed by atoms with E-state index >= 15 is 0 Å². The summed E-state index contributed by atoms with van der Waals surface area (Å²) in [5.41, 5.74) is -0.369. The van der Waals surface area contributed by atoms with Crippen LogP contribution in [-0.2, 0) is 9.59 Å². The van der Waals surface area contributed by atoms with Crippen molar-refractivity contribution in [3.8, 4) is 0 Å². The molecular formula is C13H24N2O2. The molecule has 2 amide bonds. The molecule has 0 aromatic carbocycles. The number of hydrogen-bond donors (Lipinski definition) is 2. The van der Waals surface area contributed by atoms with Crippen molar-refractivity contribution in [3.63, 3.8) is 0 Å². The summed E-state index contributed by atoms with van der Waals surface area (Å²) in [5, 5.41) is 5.59. The highest BCUT2D eigenvalue weighted by atomic mass is 16.2. The monoisotopic (exact) mass is 240 g/mol. The van der Waals surface area contributed by atoms with Crippen molar-refractivity contribution in [3.05, 3.63) is 12.7 Å². The minimum absolute atomic E-state index is 0.0181. The van der Waals surface area contributed by atoms with E-state index in [0.717, 1.165) is 6.42 Å². The molecule has 0 saturated carbocycles. The van der Waals surface area contributed by atoms with Gasteiger partial charge in [-0.3, -0.25) is 9.59 Å². The van der Waals surface area contributed by atoms with Crippen LogP contribution in [0.3, 0.4) is 0 Å². The first-order valence-electron chi connectivity index (χ1n) is 6.04. The van der Waals surface area contributed by atoms with Crippen LogP contribution in [0, 0.1) is 5.41 Å². The highest BCUT2D eigenvalue weighted by Crippen LogP contribution is 2.12. The lowest BCUT2D eigenvalue weighted by molar-refractivity contribution is -0.128. The van der Waals surface area contributed by atoms with Gasteiger partial charge < -0.3 is 10.6 Å². The van der Waals surface area contributed by atoms with Crippen LogP contribution >= 0.6 is 0 Å². The fraction of sp³-hybridized carbons (Fsp3) is 0.692. The van der Waals surface area contributed by atoms with Gasteiger partial charge in [0, 0.05) is 24.9 Å². The average molecular weight is 240 g/mol. The molecule has 0 aromatic heterocycles. The van der Waals surface area contributed by atoms with E-state index in [1.54, 1.807) is 6.08 Å². The average Bonchev–Trinajstić information content (AvgIpc) is 2.23. The molecule has 0 atom stereocenters. The molecule has 0 radical (unpaired) electrons. The van der Waals surface area contributed by atoms with Crippen LogP contribution in [0.5, 0.6) is 0 Å². The maximum absolute atomic E-state index is 11.5. The van der Waals surface area contributed by atoms with Crippen molar-refractivity contribution in [1.82, 2.24) is 10.6 Å². The predicted octanol–water partition coefficient (Wildman–Crippen LogP) is 1.62. The molecule has 0 aliphatic rings. The van der Waals surface area contributed by atoms with Crippen LogP contribution in [-0.4, -0.2) is 24.9 Å². The van der Waals surface area contributed by atoms with Gasteiger partial charge in [0.25, 0.3) is 0 Å². The lowest BCUT2D eigenvalue weighted by Gasteiger charge is -2.17. The van der Waals surface area contributed by atoms with Crippen LogP contribution < -0.4 is 10.6 Å². The maximum Gasteiger partial charge on any atom is 0.225 e. The maximum atomic E-state index is 11.5. The van der Waals surface area contributed by atoms with Crippen molar-refractivity contribution in [2.45, 2.75) is 40.0 Å². The second-order valence-electron chi connectivity index (χ2n) is 5.04. The summed E-state index contributed by atoms with van der Waals surface area (Å²) in [6.07, 6.45) is 3.67. The van der Waals surface area contributed by atoms with Gasteiger partial charge in [-0.15, -0.1) is 6.58 Å². The van der Waals surface area contributed by atoms with Crippen LogP contribution in [0.1, 0.15) is 40.0 Å². The second-order valence-corrected chi connectivity index (χ2v) is 5.04. The molecule has 0 spiro atoms. The predicted molar refractivity (Wildman–Crippen MR) is 69.5 cm³/mol. The van der Waals surface area contributed by atoms with Gasteiger partial charge in [-0.1, -0.05) is 26.8 Å². The summed E-state index contributed by atoms with van der Waals surface area (Å²) in [5.74, 6) is 0.0430. The Hall–Kier alpha value is -1.32. The third-order valence-corrected chi connectivity index (χ3v) is 2.22. The first-order valence-corrected chi connectivity index (χ1v) is 6.04. The van der Waals surface area contributed by atoms with Crippen molar-refractivity contribution >= 4 is 11.8 Å². The van der Waals surface area contributed by atoms with Gasteiger partial charge in [0.2, 0.25) is 11.8 Å². The number of nitrogens with one attached hydrogen (secondary N) is 2. The molecule has 0 fully saturated rings. The molecule has 0 bridgehead atoms. The van der Waals surface area contributed by atoms with Gasteiger partial charge >= 0.3 is 0 Å². The second kappa shape index (κ2) is 7.87. The Bertz CT molecular complexity index is 267. The number of carbonyl (C=O) groups is 2. The molecule has 2 N–H and O–H groups in total. The van der Waals surface area contributed by atoms with Crippen molar-refractivity contribution in [2.24, 2.45) is 5.41 Å². The molecule has 98 valence electrons. The van der Waals surface area contributed by atoms with Crippen molar-refractivity contribution in [1.29, 1.82) is 0 Å². The van der Waals surface area contributed by atoms with E-state index in [4.69, 9.17) is 0 Å². The molecule has 0 aliphatic carbocycles. The topological polar surface area (TPSA) is 58.2 Å². The Morgan fingerprint density at radius 1 is 1.18 bits per heavy atom. The van der Waals surface area contributed by atoms with Gasteiger partial charge in [-0.25, -0.2) is 0 Å². The largest absolute Gasteiger partial charge is 0.356 e. The summed E-state index contributed by atoms with van der Waals surface area (Å²) in [4.78, 5) is 22.8. The van der Waals surface area contributed by atoms with Crippen LogP contribution in [0.2, 0.25) is 0 Å².